The van der Waals surface area contributed by atoms with Crippen LogP contribution in [0.3, 0.4) is 0 Å². The molecule has 1 aliphatic carbocycles. The van der Waals surface area contributed by atoms with E-state index < -0.39 is 5.67 Å². The van der Waals surface area contributed by atoms with Gasteiger partial charge in [0.25, 0.3) is 11.8 Å². The third kappa shape index (κ3) is 4.64. The Morgan fingerprint density at radius 2 is 1.88 bits per heavy atom. The number of carbonyl (C=O) groups is 2. The molecule has 2 saturated heterocycles. The first-order valence-electron chi connectivity index (χ1n) is 12.0. The van der Waals surface area contributed by atoms with E-state index >= 15 is 0 Å². The fourth-order valence-electron chi connectivity index (χ4n) is 4.73. The zero-order valence-electron chi connectivity index (χ0n) is 19.5. The molecule has 0 bridgehead atoms. The van der Waals surface area contributed by atoms with Crippen molar-refractivity contribution < 1.29 is 18.7 Å². The Balaban J connectivity index is 1.36. The molecule has 33 heavy (non-hydrogen) atoms. The number of alkyl halides is 1. The molecule has 2 amide bonds. The van der Waals surface area contributed by atoms with Gasteiger partial charge in [0.2, 0.25) is 0 Å². The van der Waals surface area contributed by atoms with E-state index in [1.807, 2.05) is 33.7 Å². The van der Waals surface area contributed by atoms with Crippen molar-refractivity contribution >= 4 is 22.7 Å². The van der Waals surface area contributed by atoms with Crippen LogP contribution in [0.15, 0.2) is 24.3 Å². The van der Waals surface area contributed by atoms with Crippen molar-refractivity contribution in [2.24, 2.45) is 5.92 Å². The Morgan fingerprint density at radius 1 is 1.15 bits per heavy atom. The van der Waals surface area contributed by atoms with Crippen molar-refractivity contribution in [1.29, 1.82) is 0 Å². The molecule has 1 aromatic carbocycles. The fraction of sp³-hybridized carbons (Fsp3) is 0.600. The molecule has 3 heterocycles. The van der Waals surface area contributed by atoms with Crippen LogP contribution in [0.1, 0.15) is 47.5 Å². The summed E-state index contributed by atoms with van der Waals surface area (Å²) in [5.41, 5.74) is 0.638. The Labute approximate surface area is 193 Å². The maximum atomic E-state index is 14.3. The number of hydrogen-bond acceptors (Lipinski definition) is 4. The van der Waals surface area contributed by atoms with Gasteiger partial charge in [0.05, 0.1) is 19.8 Å². The van der Waals surface area contributed by atoms with Crippen LogP contribution >= 0.6 is 0 Å². The van der Waals surface area contributed by atoms with Gasteiger partial charge < -0.3 is 19.5 Å². The second-order valence-electron chi connectivity index (χ2n) is 10.1. The molecule has 7 nitrogen and oxygen atoms in total. The van der Waals surface area contributed by atoms with Crippen molar-refractivity contribution in [3.05, 3.63) is 35.5 Å². The lowest BCUT2D eigenvalue weighted by Gasteiger charge is -2.37. The Bertz CT molecular complexity index is 1050. The molecule has 1 N–H and O–H groups in total. The highest BCUT2D eigenvalue weighted by molar-refractivity contribution is 6.02. The van der Waals surface area contributed by atoms with Gasteiger partial charge in [-0.2, -0.15) is 0 Å². The number of hydrogen-bond donors (Lipinski definition) is 1. The van der Waals surface area contributed by atoms with E-state index in [0.29, 0.717) is 23.2 Å². The molecule has 1 saturated carbocycles. The Kier molecular flexibility index (Phi) is 5.91. The lowest BCUT2D eigenvalue weighted by Crippen LogP contribution is -2.53. The first kappa shape index (κ1) is 22.3. The van der Waals surface area contributed by atoms with Crippen LogP contribution in [0.4, 0.5) is 4.39 Å². The standard InChI is InChI=1S/C25H33FN4O3/c1-17(2)28-7-9-29(10-8-28)24(32)19-5-6-21-20(11-19)12-22(30(21)13-18-3-4-18)23(31)27-14-25(26)15-33-16-25/h5-6,11-12,17-18H,3-4,7-10,13-16H2,1-2H3,(H,27,31). The van der Waals surface area contributed by atoms with Crippen molar-refractivity contribution in [2.45, 2.75) is 44.9 Å². The van der Waals surface area contributed by atoms with E-state index in [0.717, 1.165) is 56.5 Å². The third-order valence-electron chi connectivity index (χ3n) is 7.14. The van der Waals surface area contributed by atoms with Crippen LogP contribution in [-0.4, -0.2) is 83.8 Å². The zero-order chi connectivity index (χ0) is 23.2. The minimum atomic E-state index is -1.47. The maximum Gasteiger partial charge on any atom is 0.268 e. The summed E-state index contributed by atoms with van der Waals surface area (Å²) in [7, 11) is 0. The van der Waals surface area contributed by atoms with Gasteiger partial charge in [-0.1, -0.05) is 0 Å². The van der Waals surface area contributed by atoms with E-state index in [2.05, 4.69) is 24.1 Å². The second-order valence-corrected chi connectivity index (χ2v) is 10.1. The number of halogens is 1. The lowest BCUT2D eigenvalue weighted by atomic mass is 10.1. The normalized spacial score (nSPS) is 20.8. The summed E-state index contributed by atoms with van der Waals surface area (Å²) < 4.78 is 21.3. The number of amides is 2. The van der Waals surface area contributed by atoms with Crippen LogP contribution in [-0.2, 0) is 11.3 Å². The molecule has 8 heteroatoms. The van der Waals surface area contributed by atoms with Crippen LogP contribution in [0, 0.1) is 5.92 Å². The van der Waals surface area contributed by atoms with Crippen LogP contribution in [0.5, 0.6) is 0 Å². The van der Waals surface area contributed by atoms with Gasteiger partial charge in [-0.25, -0.2) is 4.39 Å². The minimum Gasteiger partial charge on any atom is -0.374 e. The monoisotopic (exact) mass is 456 g/mol. The number of nitrogens with one attached hydrogen (secondary N) is 1. The first-order chi connectivity index (χ1) is 15.8. The molecule has 0 radical (unpaired) electrons. The molecule has 178 valence electrons. The highest BCUT2D eigenvalue weighted by atomic mass is 19.1. The number of benzene rings is 1. The minimum absolute atomic E-state index is 0.0231. The fourth-order valence-corrected chi connectivity index (χ4v) is 4.73. The maximum absolute atomic E-state index is 14.3. The number of ether oxygens (including phenoxy) is 1. The van der Waals surface area contributed by atoms with Crippen LogP contribution in [0.25, 0.3) is 10.9 Å². The van der Waals surface area contributed by atoms with Gasteiger partial charge in [0.15, 0.2) is 5.67 Å². The molecule has 0 unspecified atom stereocenters. The molecule has 2 aromatic rings. The number of rotatable bonds is 7. The topological polar surface area (TPSA) is 66.8 Å². The number of fused-ring (bicyclic) bond motifs is 1. The lowest BCUT2D eigenvalue weighted by molar-refractivity contribution is -0.126. The van der Waals surface area contributed by atoms with E-state index in [-0.39, 0.29) is 31.6 Å². The van der Waals surface area contributed by atoms with Crippen LogP contribution in [0.2, 0.25) is 0 Å². The summed E-state index contributed by atoms with van der Waals surface area (Å²) in [6, 6.07) is 8.03. The van der Waals surface area contributed by atoms with Gasteiger partial charge in [-0.05, 0) is 56.9 Å². The van der Waals surface area contributed by atoms with E-state index in [4.69, 9.17) is 4.74 Å². The molecule has 3 fully saturated rings. The number of carbonyl (C=O) groups excluding carboxylic acids is 2. The molecule has 2 aliphatic heterocycles. The average molecular weight is 457 g/mol. The summed E-state index contributed by atoms with van der Waals surface area (Å²) in [4.78, 5) is 30.4. The summed E-state index contributed by atoms with van der Waals surface area (Å²) in [6.07, 6.45) is 2.31. The van der Waals surface area contributed by atoms with Crippen molar-refractivity contribution in [3.63, 3.8) is 0 Å². The predicted octanol–water partition coefficient (Wildman–Crippen LogP) is 2.69. The second kappa shape index (κ2) is 8.72. The smallest absolute Gasteiger partial charge is 0.268 e. The summed E-state index contributed by atoms with van der Waals surface area (Å²) >= 11 is 0. The Morgan fingerprint density at radius 3 is 2.48 bits per heavy atom. The van der Waals surface area contributed by atoms with E-state index in [9.17, 15) is 14.0 Å². The van der Waals surface area contributed by atoms with Gasteiger partial charge >= 0.3 is 0 Å². The van der Waals surface area contributed by atoms with Crippen molar-refractivity contribution in [1.82, 2.24) is 19.7 Å². The van der Waals surface area contributed by atoms with Gasteiger partial charge in [0.1, 0.15) is 5.69 Å². The van der Waals surface area contributed by atoms with E-state index in [1.165, 1.54) is 0 Å². The number of nitrogens with zero attached hydrogens (tertiary/aromatic N) is 3. The number of piperazine rings is 1. The summed E-state index contributed by atoms with van der Waals surface area (Å²) in [5.74, 6) is 0.317. The number of aromatic nitrogens is 1. The SMILES string of the molecule is CC(C)N1CCN(C(=O)c2ccc3c(c2)cc(C(=O)NCC2(F)COC2)n3CC2CC2)CC1. The van der Waals surface area contributed by atoms with E-state index in [1.54, 1.807) is 0 Å². The third-order valence-corrected chi connectivity index (χ3v) is 7.14. The van der Waals surface area contributed by atoms with Gasteiger partial charge in [-0.15, -0.1) is 0 Å². The van der Waals surface area contributed by atoms with Crippen molar-refractivity contribution in [2.75, 3.05) is 45.9 Å². The molecule has 0 atom stereocenters. The van der Waals surface area contributed by atoms with Gasteiger partial charge in [-0.3, -0.25) is 14.5 Å². The highest BCUT2D eigenvalue weighted by Crippen LogP contribution is 2.33. The van der Waals surface area contributed by atoms with Crippen LogP contribution < -0.4 is 5.32 Å². The predicted molar refractivity (Wildman–Crippen MR) is 124 cm³/mol. The molecule has 3 aliphatic rings. The molecule has 5 rings (SSSR count). The highest BCUT2D eigenvalue weighted by Gasteiger charge is 2.39. The quantitative estimate of drug-likeness (QED) is 0.696. The first-order valence-corrected chi connectivity index (χ1v) is 12.0. The molecular weight excluding hydrogens is 423 g/mol. The summed E-state index contributed by atoms with van der Waals surface area (Å²) in [5, 5.41) is 3.61. The average Bonchev–Trinajstić information content (AvgIpc) is 3.55. The Hall–Kier alpha value is -2.45. The largest absolute Gasteiger partial charge is 0.374 e. The van der Waals surface area contributed by atoms with Crippen molar-refractivity contribution in [3.8, 4) is 0 Å². The molecular formula is C25H33FN4O3. The van der Waals surface area contributed by atoms with Gasteiger partial charge in [0, 0.05) is 55.2 Å². The molecule has 1 aromatic heterocycles. The summed E-state index contributed by atoms with van der Waals surface area (Å²) in [6.45, 7) is 8.33. The zero-order valence-corrected chi connectivity index (χ0v) is 19.5. The molecule has 0 spiro atoms.